The van der Waals surface area contributed by atoms with Gasteiger partial charge in [0.1, 0.15) is 11.4 Å². The van der Waals surface area contributed by atoms with Crippen LogP contribution in [-0.4, -0.2) is 5.60 Å². The van der Waals surface area contributed by atoms with Crippen LogP contribution < -0.4 is 4.74 Å². The summed E-state index contributed by atoms with van der Waals surface area (Å²) < 4.78 is 6.17. The standard InChI is InChI=1S/C15H20O/c1-4-12-11-15(5-2,6-3)16-14-10-8-7-9-13(12)14/h7-11H,4-6H2,1-3H3. The molecule has 0 atom stereocenters. The maximum atomic E-state index is 6.17. The quantitative estimate of drug-likeness (QED) is 0.726. The number of fused-ring (bicyclic) bond motifs is 1. The zero-order chi connectivity index (χ0) is 11.6. The van der Waals surface area contributed by atoms with Crippen LogP contribution >= 0.6 is 0 Å². The molecule has 0 saturated heterocycles. The van der Waals surface area contributed by atoms with Gasteiger partial charge in [-0.05, 0) is 37.0 Å². The molecule has 0 N–H and O–H groups in total. The lowest BCUT2D eigenvalue weighted by Crippen LogP contribution is -2.35. The van der Waals surface area contributed by atoms with E-state index in [1.807, 2.05) is 6.07 Å². The molecule has 1 aliphatic heterocycles. The van der Waals surface area contributed by atoms with Gasteiger partial charge in [-0.1, -0.05) is 39.0 Å². The van der Waals surface area contributed by atoms with Crippen molar-refractivity contribution in [1.82, 2.24) is 0 Å². The van der Waals surface area contributed by atoms with E-state index in [1.54, 1.807) is 0 Å². The highest BCUT2D eigenvalue weighted by Crippen LogP contribution is 2.39. The van der Waals surface area contributed by atoms with Gasteiger partial charge in [0.15, 0.2) is 0 Å². The highest BCUT2D eigenvalue weighted by atomic mass is 16.5. The third-order valence-electron chi connectivity index (χ3n) is 3.56. The molecule has 0 spiro atoms. The Kier molecular flexibility index (Phi) is 3.04. The van der Waals surface area contributed by atoms with Gasteiger partial charge >= 0.3 is 0 Å². The first kappa shape index (κ1) is 11.3. The van der Waals surface area contributed by atoms with Crippen molar-refractivity contribution in [3.8, 4) is 5.75 Å². The van der Waals surface area contributed by atoms with E-state index in [2.05, 4.69) is 45.0 Å². The van der Waals surface area contributed by atoms with Gasteiger partial charge in [0.25, 0.3) is 0 Å². The molecule has 0 aromatic heterocycles. The summed E-state index contributed by atoms with van der Waals surface area (Å²) in [6.45, 7) is 6.60. The highest BCUT2D eigenvalue weighted by molar-refractivity contribution is 5.73. The molecule has 0 fully saturated rings. The molecule has 1 heterocycles. The number of benzene rings is 1. The van der Waals surface area contributed by atoms with Crippen molar-refractivity contribution in [2.45, 2.75) is 45.6 Å². The number of hydrogen-bond acceptors (Lipinski definition) is 1. The highest BCUT2D eigenvalue weighted by Gasteiger charge is 2.31. The molecule has 1 heteroatoms. The number of para-hydroxylation sites is 1. The summed E-state index contributed by atoms with van der Waals surface area (Å²) in [4.78, 5) is 0. The maximum Gasteiger partial charge on any atom is 0.128 e. The van der Waals surface area contributed by atoms with Crippen LogP contribution in [0.2, 0.25) is 0 Å². The maximum absolute atomic E-state index is 6.17. The second kappa shape index (κ2) is 4.32. The summed E-state index contributed by atoms with van der Waals surface area (Å²) in [6, 6.07) is 8.36. The van der Waals surface area contributed by atoms with E-state index in [9.17, 15) is 0 Å². The monoisotopic (exact) mass is 216 g/mol. The average Bonchev–Trinajstić information content (AvgIpc) is 2.37. The minimum absolute atomic E-state index is 0.0836. The summed E-state index contributed by atoms with van der Waals surface area (Å²) in [5.41, 5.74) is 2.60. The number of allylic oxidation sites excluding steroid dienone is 1. The second-order valence-electron chi connectivity index (χ2n) is 4.39. The third-order valence-corrected chi connectivity index (χ3v) is 3.56. The van der Waals surface area contributed by atoms with E-state index < -0.39 is 0 Å². The summed E-state index contributed by atoms with van der Waals surface area (Å²) in [5.74, 6) is 1.05. The van der Waals surface area contributed by atoms with Crippen LogP contribution in [-0.2, 0) is 0 Å². The predicted molar refractivity (Wildman–Crippen MR) is 68.7 cm³/mol. The fourth-order valence-corrected chi connectivity index (χ4v) is 2.36. The lowest BCUT2D eigenvalue weighted by molar-refractivity contribution is 0.107. The van der Waals surface area contributed by atoms with Gasteiger partial charge in [-0.25, -0.2) is 0 Å². The van der Waals surface area contributed by atoms with Gasteiger partial charge in [-0.3, -0.25) is 0 Å². The topological polar surface area (TPSA) is 9.23 Å². The molecule has 2 rings (SSSR count). The van der Waals surface area contributed by atoms with E-state index in [-0.39, 0.29) is 5.60 Å². The Labute approximate surface area is 98.1 Å². The van der Waals surface area contributed by atoms with Crippen LogP contribution in [0.25, 0.3) is 5.57 Å². The van der Waals surface area contributed by atoms with E-state index in [0.29, 0.717) is 0 Å². The van der Waals surface area contributed by atoms with Gasteiger partial charge in [0.2, 0.25) is 0 Å². The number of ether oxygens (including phenoxy) is 1. The van der Waals surface area contributed by atoms with Crippen LogP contribution in [0.3, 0.4) is 0 Å². The molecule has 0 bridgehead atoms. The van der Waals surface area contributed by atoms with Crippen LogP contribution in [0.5, 0.6) is 5.75 Å². The minimum Gasteiger partial charge on any atom is -0.483 e. The lowest BCUT2D eigenvalue weighted by Gasteiger charge is -2.35. The van der Waals surface area contributed by atoms with Crippen molar-refractivity contribution >= 4 is 5.57 Å². The van der Waals surface area contributed by atoms with E-state index >= 15 is 0 Å². The first-order valence-corrected chi connectivity index (χ1v) is 6.24. The molecule has 1 nitrogen and oxygen atoms in total. The second-order valence-corrected chi connectivity index (χ2v) is 4.39. The zero-order valence-electron chi connectivity index (χ0n) is 10.4. The van der Waals surface area contributed by atoms with Crippen LogP contribution in [0.1, 0.15) is 45.6 Å². The lowest BCUT2D eigenvalue weighted by atomic mass is 9.87. The molecule has 0 amide bonds. The molecular formula is C15H20O. The van der Waals surface area contributed by atoms with Gasteiger partial charge < -0.3 is 4.74 Å². The van der Waals surface area contributed by atoms with Gasteiger partial charge in [-0.2, -0.15) is 0 Å². The minimum atomic E-state index is -0.0836. The SMILES string of the molecule is CCC1=CC(CC)(CC)Oc2ccccc21. The van der Waals surface area contributed by atoms with Crippen LogP contribution in [0.15, 0.2) is 30.3 Å². The molecule has 0 radical (unpaired) electrons. The summed E-state index contributed by atoms with van der Waals surface area (Å²) in [7, 11) is 0. The Hall–Kier alpha value is -1.24. The largest absolute Gasteiger partial charge is 0.483 e. The fourth-order valence-electron chi connectivity index (χ4n) is 2.36. The molecule has 1 aromatic rings. The Morgan fingerprint density at radius 3 is 2.38 bits per heavy atom. The molecule has 0 saturated carbocycles. The van der Waals surface area contributed by atoms with Gasteiger partial charge in [0, 0.05) is 5.56 Å². The first-order valence-electron chi connectivity index (χ1n) is 6.24. The van der Waals surface area contributed by atoms with Gasteiger partial charge in [0.05, 0.1) is 0 Å². The van der Waals surface area contributed by atoms with Crippen molar-refractivity contribution in [1.29, 1.82) is 0 Å². The Morgan fingerprint density at radius 2 is 1.75 bits per heavy atom. The van der Waals surface area contributed by atoms with Crippen molar-refractivity contribution in [2.24, 2.45) is 0 Å². The van der Waals surface area contributed by atoms with Crippen LogP contribution in [0.4, 0.5) is 0 Å². The van der Waals surface area contributed by atoms with Crippen molar-refractivity contribution < 1.29 is 4.74 Å². The number of hydrogen-bond donors (Lipinski definition) is 0. The van der Waals surface area contributed by atoms with Crippen molar-refractivity contribution in [3.05, 3.63) is 35.9 Å². The molecule has 86 valence electrons. The van der Waals surface area contributed by atoms with Crippen molar-refractivity contribution in [2.75, 3.05) is 0 Å². The zero-order valence-corrected chi connectivity index (χ0v) is 10.4. The predicted octanol–water partition coefficient (Wildman–Crippen LogP) is 4.43. The molecule has 0 aliphatic carbocycles. The molecule has 0 unspecified atom stereocenters. The van der Waals surface area contributed by atoms with Crippen LogP contribution in [0, 0.1) is 0 Å². The normalized spacial score (nSPS) is 17.3. The Balaban J connectivity index is 2.50. The van der Waals surface area contributed by atoms with E-state index in [1.165, 1.54) is 11.1 Å². The average molecular weight is 216 g/mol. The molecular weight excluding hydrogens is 196 g/mol. The summed E-state index contributed by atoms with van der Waals surface area (Å²) >= 11 is 0. The fraction of sp³-hybridized carbons (Fsp3) is 0.467. The van der Waals surface area contributed by atoms with E-state index in [4.69, 9.17) is 4.74 Å². The Bertz CT molecular complexity index is 400. The first-order chi connectivity index (χ1) is 7.74. The Morgan fingerprint density at radius 1 is 1.06 bits per heavy atom. The van der Waals surface area contributed by atoms with Crippen molar-refractivity contribution in [3.63, 3.8) is 0 Å². The molecule has 16 heavy (non-hydrogen) atoms. The molecule has 1 aromatic carbocycles. The smallest absolute Gasteiger partial charge is 0.128 e. The number of rotatable bonds is 3. The summed E-state index contributed by atoms with van der Waals surface area (Å²) in [5, 5.41) is 0. The molecule has 1 aliphatic rings. The van der Waals surface area contributed by atoms with Gasteiger partial charge in [-0.15, -0.1) is 0 Å². The third kappa shape index (κ3) is 1.75. The summed E-state index contributed by atoms with van der Waals surface area (Å²) in [6.07, 6.45) is 5.46. The van der Waals surface area contributed by atoms with E-state index in [0.717, 1.165) is 25.0 Å².